The number of carbonyl (C=O) groups excluding carboxylic acids is 2. The number of carbonyl (C=O) groups is 2. The van der Waals surface area contributed by atoms with E-state index in [1.165, 1.54) is 24.0 Å². The third-order valence-corrected chi connectivity index (χ3v) is 4.94. The lowest BCUT2D eigenvalue weighted by molar-refractivity contribution is -0.136. The first-order valence-corrected chi connectivity index (χ1v) is 8.01. The van der Waals surface area contributed by atoms with Crippen LogP contribution in [0.5, 0.6) is 0 Å². The van der Waals surface area contributed by atoms with Gasteiger partial charge in [0.1, 0.15) is 17.7 Å². The Kier molecular flexibility index (Phi) is 4.29. The summed E-state index contributed by atoms with van der Waals surface area (Å²) >= 11 is 0. The second-order valence-corrected chi connectivity index (χ2v) is 6.70. The predicted octanol–water partition coefficient (Wildman–Crippen LogP) is 1.09. The van der Waals surface area contributed by atoms with Gasteiger partial charge in [-0.3, -0.25) is 9.59 Å². The van der Waals surface area contributed by atoms with Gasteiger partial charge in [0, 0.05) is 37.9 Å². The number of aliphatic hydroxyl groups excluding tert-OH is 1. The average molecular weight is 338 g/mol. The summed E-state index contributed by atoms with van der Waals surface area (Å²) < 4.78 is 27.1. The molecule has 2 fully saturated rings. The van der Waals surface area contributed by atoms with Crippen LogP contribution in [-0.2, 0) is 15.0 Å². The van der Waals surface area contributed by atoms with Crippen LogP contribution < -0.4 is 5.32 Å². The molecule has 0 spiro atoms. The Morgan fingerprint density at radius 2 is 2.08 bits per heavy atom. The van der Waals surface area contributed by atoms with Crippen LogP contribution in [0.1, 0.15) is 31.7 Å². The fourth-order valence-electron chi connectivity index (χ4n) is 3.40. The number of nitrogens with one attached hydrogen (secondary N) is 1. The summed E-state index contributed by atoms with van der Waals surface area (Å²) in [4.78, 5) is 25.3. The van der Waals surface area contributed by atoms with E-state index in [2.05, 4.69) is 5.32 Å². The molecule has 24 heavy (non-hydrogen) atoms. The summed E-state index contributed by atoms with van der Waals surface area (Å²) in [5, 5.41) is 12.5. The maximum absolute atomic E-state index is 14.0. The van der Waals surface area contributed by atoms with Crippen molar-refractivity contribution >= 4 is 11.8 Å². The molecule has 3 rings (SSSR count). The molecule has 1 aliphatic carbocycles. The minimum atomic E-state index is -0.714. The molecule has 1 aromatic rings. The van der Waals surface area contributed by atoms with Crippen LogP contribution in [0.25, 0.3) is 0 Å². The van der Waals surface area contributed by atoms with Crippen molar-refractivity contribution in [2.75, 3.05) is 13.1 Å². The number of hydrogen-bond acceptors (Lipinski definition) is 3. The van der Waals surface area contributed by atoms with Crippen LogP contribution in [0, 0.1) is 11.6 Å². The topological polar surface area (TPSA) is 69.6 Å². The Hall–Kier alpha value is -2.02. The molecule has 1 aliphatic heterocycles. The van der Waals surface area contributed by atoms with E-state index < -0.39 is 29.2 Å². The van der Waals surface area contributed by atoms with Crippen molar-refractivity contribution in [3.05, 3.63) is 35.4 Å². The zero-order valence-corrected chi connectivity index (χ0v) is 13.4. The maximum atomic E-state index is 14.0. The second kappa shape index (κ2) is 6.12. The largest absolute Gasteiger partial charge is 0.391 e. The van der Waals surface area contributed by atoms with Crippen LogP contribution in [0.4, 0.5) is 8.78 Å². The van der Waals surface area contributed by atoms with E-state index in [9.17, 15) is 23.5 Å². The third-order valence-electron chi connectivity index (χ3n) is 4.94. The van der Waals surface area contributed by atoms with Gasteiger partial charge in [0.15, 0.2) is 0 Å². The summed E-state index contributed by atoms with van der Waals surface area (Å²) in [6.07, 6.45) is 0.900. The molecule has 0 bridgehead atoms. The fraction of sp³-hybridized carbons (Fsp3) is 0.529. The summed E-state index contributed by atoms with van der Waals surface area (Å²) in [5.74, 6) is -1.86. The van der Waals surface area contributed by atoms with Gasteiger partial charge in [0.2, 0.25) is 11.8 Å². The van der Waals surface area contributed by atoms with Gasteiger partial charge in [-0.25, -0.2) is 8.78 Å². The van der Waals surface area contributed by atoms with Crippen molar-refractivity contribution in [3.63, 3.8) is 0 Å². The fourth-order valence-corrected chi connectivity index (χ4v) is 3.40. The van der Waals surface area contributed by atoms with Crippen molar-refractivity contribution in [2.45, 2.75) is 43.7 Å². The number of likely N-dealkylation sites (tertiary alicyclic amines) is 1. The lowest BCUT2D eigenvalue weighted by Gasteiger charge is -2.24. The van der Waals surface area contributed by atoms with E-state index in [1.54, 1.807) is 0 Å². The molecular formula is C17H20F2N2O3. The Morgan fingerprint density at radius 3 is 2.67 bits per heavy atom. The molecule has 1 aromatic carbocycles. The number of benzene rings is 1. The van der Waals surface area contributed by atoms with Crippen LogP contribution in [-0.4, -0.2) is 47.1 Å². The van der Waals surface area contributed by atoms with Crippen LogP contribution in [0.3, 0.4) is 0 Å². The van der Waals surface area contributed by atoms with Crippen molar-refractivity contribution in [2.24, 2.45) is 0 Å². The van der Waals surface area contributed by atoms with Gasteiger partial charge < -0.3 is 15.3 Å². The van der Waals surface area contributed by atoms with Crippen molar-refractivity contribution in [3.8, 4) is 0 Å². The van der Waals surface area contributed by atoms with Crippen LogP contribution in [0.2, 0.25) is 0 Å². The summed E-state index contributed by atoms with van der Waals surface area (Å²) in [6.45, 7) is 1.73. The standard InChI is InChI=1S/C17H20F2N2O3/c1-10(22)21-8-12(23)7-15(21)16(24)20-9-17(4-5-17)13-3-2-11(18)6-14(13)19/h2-3,6,12,15,23H,4-5,7-9H2,1H3,(H,20,24)/t12-,15+/m0/s1. The summed E-state index contributed by atoms with van der Waals surface area (Å²) in [7, 11) is 0. The van der Waals surface area contributed by atoms with Gasteiger partial charge in [0.05, 0.1) is 6.10 Å². The zero-order chi connectivity index (χ0) is 17.5. The lowest BCUT2D eigenvalue weighted by Crippen LogP contribution is -2.47. The first-order valence-electron chi connectivity index (χ1n) is 8.01. The molecule has 7 heteroatoms. The molecule has 0 unspecified atom stereocenters. The zero-order valence-electron chi connectivity index (χ0n) is 13.4. The highest BCUT2D eigenvalue weighted by atomic mass is 19.1. The van der Waals surface area contributed by atoms with Gasteiger partial charge in [-0.15, -0.1) is 0 Å². The molecule has 0 radical (unpaired) electrons. The Balaban J connectivity index is 1.67. The lowest BCUT2D eigenvalue weighted by atomic mass is 9.95. The number of aliphatic hydroxyl groups is 1. The molecular weight excluding hydrogens is 318 g/mol. The number of hydrogen-bond donors (Lipinski definition) is 2. The monoisotopic (exact) mass is 338 g/mol. The third kappa shape index (κ3) is 3.13. The summed E-state index contributed by atoms with van der Waals surface area (Å²) in [6, 6.07) is 2.78. The van der Waals surface area contributed by atoms with Gasteiger partial charge in [-0.05, 0) is 24.5 Å². The molecule has 5 nitrogen and oxygen atoms in total. The maximum Gasteiger partial charge on any atom is 0.242 e. The molecule has 0 aromatic heterocycles. The minimum absolute atomic E-state index is 0.144. The molecule has 2 amide bonds. The smallest absolute Gasteiger partial charge is 0.242 e. The van der Waals surface area contributed by atoms with Gasteiger partial charge in [0.25, 0.3) is 0 Å². The van der Waals surface area contributed by atoms with E-state index in [-0.39, 0.29) is 31.3 Å². The number of halogens is 2. The second-order valence-electron chi connectivity index (χ2n) is 6.70. The Morgan fingerprint density at radius 1 is 1.38 bits per heavy atom. The highest BCUT2D eigenvalue weighted by molar-refractivity contribution is 5.87. The summed E-state index contributed by atoms with van der Waals surface area (Å²) in [5.41, 5.74) is -0.106. The van der Waals surface area contributed by atoms with Gasteiger partial charge in [-0.2, -0.15) is 0 Å². The van der Waals surface area contributed by atoms with E-state index in [0.29, 0.717) is 18.4 Å². The number of amides is 2. The molecule has 2 N–H and O–H groups in total. The van der Waals surface area contributed by atoms with E-state index in [4.69, 9.17) is 0 Å². The van der Waals surface area contributed by atoms with Crippen molar-refractivity contribution in [1.29, 1.82) is 0 Å². The van der Waals surface area contributed by atoms with Crippen molar-refractivity contribution < 1.29 is 23.5 Å². The highest BCUT2D eigenvalue weighted by Crippen LogP contribution is 2.48. The van der Waals surface area contributed by atoms with Gasteiger partial charge in [-0.1, -0.05) is 6.07 Å². The molecule has 2 atom stereocenters. The minimum Gasteiger partial charge on any atom is -0.391 e. The van der Waals surface area contributed by atoms with Crippen molar-refractivity contribution in [1.82, 2.24) is 10.2 Å². The molecule has 1 saturated carbocycles. The number of rotatable bonds is 4. The average Bonchev–Trinajstić information content (AvgIpc) is 3.18. The Bertz CT molecular complexity index is 676. The van der Waals surface area contributed by atoms with Crippen LogP contribution >= 0.6 is 0 Å². The Labute approximate surface area is 138 Å². The van der Waals surface area contributed by atoms with E-state index >= 15 is 0 Å². The highest BCUT2D eigenvalue weighted by Gasteiger charge is 2.47. The first kappa shape index (κ1) is 16.8. The molecule has 1 saturated heterocycles. The van der Waals surface area contributed by atoms with E-state index in [1.807, 2.05) is 0 Å². The molecule has 130 valence electrons. The quantitative estimate of drug-likeness (QED) is 0.864. The normalized spacial score (nSPS) is 24.8. The first-order chi connectivity index (χ1) is 11.3. The van der Waals surface area contributed by atoms with E-state index in [0.717, 1.165) is 6.07 Å². The predicted molar refractivity (Wildman–Crippen MR) is 82.1 cm³/mol. The van der Waals surface area contributed by atoms with Crippen LogP contribution in [0.15, 0.2) is 18.2 Å². The number of nitrogens with zero attached hydrogens (tertiary/aromatic N) is 1. The molecule has 1 heterocycles. The van der Waals surface area contributed by atoms with Gasteiger partial charge >= 0.3 is 0 Å². The molecule has 2 aliphatic rings. The number of β-amino-alcohol motifs (C(OH)–C–C–N with tert-alkyl or cyclic N) is 1. The SMILES string of the molecule is CC(=O)N1C[C@@H](O)C[C@@H]1C(=O)NCC1(c2ccc(F)cc2F)CC1.